The summed E-state index contributed by atoms with van der Waals surface area (Å²) in [6.45, 7) is 6.94. The average molecular weight is 353 g/mol. The molecule has 0 spiro atoms. The molecule has 1 saturated heterocycles. The number of carbonyl (C=O) groups is 2. The molecule has 1 aliphatic rings. The smallest absolute Gasteiger partial charge is 0.251 e. The molecule has 1 aromatic rings. The third kappa shape index (κ3) is 4.33. The molecule has 0 aliphatic carbocycles. The first-order chi connectivity index (χ1) is 11.1. The molecule has 2 rings (SSSR count). The van der Waals surface area contributed by atoms with E-state index in [9.17, 15) is 18.0 Å². The Morgan fingerprint density at radius 1 is 1.08 bits per heavy atom. The van der Waals surface area contributed by atoms with E-state index in [4.69, 9.17) is 0 Å². The second-order valence-corrected chi connectivity index (χ2v) is 8.71. The molecule has 0 bridgehead atoms. The van der Waals surface area contributed by atoms with Crippen molar-refractivity contribution in [3.8, 4) is 0 Å². The topological polar surface area (TPSA) is 86.8 Å². The van der Waals surface area contributed by atoms with Gasteiger partial charge in [0, 0.05) is 37.3 Å². The van der Waals surface area contributed by atoms with Crippen LogP contribution in [0.5, 0.6) is 0 Å². The van der Waals surface area contributed by atoms with Gasteiger partial charge in [-0.25, -0.2) is 8.42 Å². The molecule has 2 amide bonds. The zero-order valence-electron chi connectivity index (χ0n) is 14.2. The van der Waals surface area contributed by atoms with Crippen LogP contribution in [-0.4, -0.2) is 61.7 Å². The van der Waals surface area contributed by atoms with Gasteiger partial charge in [0.05, 0.1) is 4.90 Å². The van der Waals surface area contributed by atoms with E-state index in [0.717, 1.165) is 6.41 Å². The van der Waals surface area contributed by atoms with Gasteiger partial charge in [-0.2, -0.15) is 4.31 Å². The standard InChI is InChI=1S/C16H23N3O4S/c1-16(2,3)17-15(21)13-4-6-14(7-5-13)24(22,23)19-10-8-18(12-20)9-11-19/h4-7,12H,8-11H2,1-3H3,(H,17,21). The molecule has 7 nitrogen and oxygen atoms in total. The molecule has 8 heteroatoms. The zero-order valence-corrected chi connectivity index (χ0v) is 15.0. The Hall–Kier alpha value is -1.93. The lowest BCUT2D eigenvalue weighted by Crippen LogP contribution is -2.47. The van der Waals surface area contributed by atoms with Crippen molar-refractivity contribution >= 4 is 22.3 Å². The third-order valence-corrected chi connectivity index (χ3v) is 5.58. The SMILES string of the molecule is CC(C)(C)NC(=O)c1ccc(S(=O)(=O)N2CCN(C=O)CC2)cc1. The number of benzene rings is 1. The van der Waals surface area contributed by atoms with Crippen molar-refractivity contribution in [2.75, 3.05) is 26.2 Å². The quantitative estimate of drug-likeness (QED) is 0.807. The number of rotatable bonds is 4. The van der Waals surface area contributed by atoms with Gasteiger partial charge in [-0.1, -0.05) is 0 Å². The van der Waals surface area contributed by atoms with Crippen LogP contribution in [0.2, 0.25) is 0 Å². The maximum Gasteiger partial charge on any atom is 0.251 e. The molecule has 1 fully saturated rings. The van der Waals surface area contributed by atoms with Gasteiger partial charge in [-0.15, -0.1) is 0 Å². The van der Waals surface area contributed by atoms with E-state index in [2.05, 4.69) is 5.32 Å². The Bertz CT molecular complexity index is 700. The van der Waals surface area contributed by atoms with E-state index in [1.165, 1.54) is 28.6 Å². The molecule has 1 aliphatic heterocycles. The van der Waals surface area contributed by atoms with Gasteiger partial charge in [0.25, 0.3) is 5.91 Å². The molecule has 0 aromatic heterocycles. The first-order valence-corrected chi connectivity index (χ1v) is 9.19. The van der Waals surface area contributed by atoms with Crippen LogP contribution in [0.15, 0.2) is 29.2 Å². The molecule has 0 unspecified atom stereocenters. The number of sulfonamides is 1. The number of hydrogen-bond acceptors (Lipinski definition) is 4. The second-order valence-electron chi connectivity index (χ2n) is 6.77. The van der Waals surface area contributed by atoms with E-state index < -0.39 is 10.0 Å². The van der Waals surface area contributed by atoms with Crippen LogP contribution in [0.25, 0.3) is 0 Å². The van der Waals surface area contributed by atoms with Gasteiger partial charge >= 0.3 is 0 Å². The van der Waals surface area contributed by atoms with Crippen LogP contribution in [-0.2, 0) is 14.8 Å². The molecule has 1 aromatic carbocycles. The number of hydrogen-bond donors (Lipinski definition) is 1. The van der Waals surface area contributed by atoms with Gasteiger partial charge in [-0.3, -0.25) is 9.59 Å². The molecule has 24 heavy (non-hydrogen) atoms. The summed E-state index contributed by atoms with van der Waals surface area (Å²) in [5.41, 5.74) is 0.0507. The van der Waals surface area contributed by atoms with Crippen molar-refractivity contribution in [3.05, 3.63) is 29.8 Å². The molecule has 0 saturated carbocycles. The first-order valence-electron chi connectivity index (χ1n) is 7.75. The van der Waals surface area contributed by atoms with Crippen molar-refractivity contribution in [1.82, 2.24) is 14.5 Å². The lowest BCUT2D eigenvalue weighted by molar-refractivity contribution is -0.119. The molecular weight excluding hydrogens is 330 g/mol. The van der Waals surface area contributed by atoms with E-state index >= 15 is 0 Å². The summed E-state index contributed by atoms with van der Waals surface area (Å²) in [6.07, 6.45) is 0.729. The summed E-state index contributed by atoms with van der Waals surface area (Å²) in [6, 6.07) is 5.91. The average Bonchev–Trinajstić information content (AvgIpc) is 2.53. The van der Waals surface area contributed by atoms with Crippen LogP contribution >= 0.6 is 0 Å². The second kappa shape index (κ2) is 6.90. The number of piperazine rings is 1. The van der Waals surface area contributed by atoms with E-state index in [1.54, 1.807) is 4.90 Å². The van der Waals surface area contributed by atoms with Crippen molar-refractivity contribution < 1.29 is 18.0 Å². The summed E-state index contributed by atoms with van der Waals surface area (Å²) < 4.78 is 26.6. The Morgan fingerprint density at radius 2 is 1.62 bits per heavy atom. The van der Waals surface area contributed by atoms with Crippen LogP contribution in [0.4, 0.5) is 0 Å². The van der Waals surface area contributed by atoms with Crippen LogP contribution < -0.4 is 5.32 Å². The van der Waals surface area contributed by atoms with Gasteiger partial charge in [-0.05, 0) is 45.0 Å². The molecular formula is C16H23N3O4S. The fourth-order valence-corrected chi connectivity index (χ4v) is 3.81. The van der Waals surface area contributed by atoms with E-state index in [0.29, 0.717) is 18.7 Å². The highest BCUT2D eigenvalue weighted by Crippen LogP contribution is 2.18. The van der Waals surface area contributed by atoms with E-state index in [-0.39, 0.29) is 29.4 Å². The zero-order chi connectivity index (χ0) is 18.0. The molecule has 1 heterocycles. The monoisotopic (exact) mass is 353 g/mol. The van der Waals surface area contributed by atoms with Gasteiger partial charge in [0.1, 0.15) is 0 Å². The van der Waals surface area contributed by atoms with Gasteiger partial charge in [0.15, 0.2) is 0 Å². The number of amides is 2. The predicted octanol–water partition coefficient (Wildman–Crippen LogP) is 0.678. The lowest BCUT2D eigenvalue weighted by atomic mass is 10.1. The van der Waals surface area contributed by atoms with Crippen LogP contribution in [0.3, 0.4) is 0 Å². The summed E-state index contributed by atoms with van der Waals surface area (Å²) in [7, 11) is -3.61. The molecule has 0 atom stereocenters. The highest BCUT2D eigenvalue weighted by atomic mass is 32.2. The molecule has 1 N–H and O–H groups in total. The van der Waals surface area contributed by atoms with Crippen molar-refractivity contribution in [2.45, 2.75) is 31.2 Å². The van der Waals surface area contributed by atoms with Crippen molar-refractivity contribution in [1.29, 1.82) is 0 Å². The maximum absolute atomic E-state index is 12.6. The largest absolute Gasteiger partial charge is 0.347 e. The summed E-state index contributed by atoms with van der Waals surface area (Å²) >= 11 is 0. The highest BCUT2D eigenvalue weighted by Gasteiger charge is 2.28. The maximum atomic E-state index is 12.6. The lowest BCUT2D eigenvalue weighted by Gasteiger charge is -2.31. The Labute approximate surface area is 142 Å². The number of carbonyl (C=O) groups excluding carboxylic acids is 2. The molecule has 132 valence electrons. The predicted molar refractivity (Wildman–Crippen MR) is 90.1 cm³/mol. The van der Waals surface area contributed by atoms with Crippen LogP contribution in [0, 0.1) is 0 Å². The Kier molecular flexibility index (Phi) is 5.29. The summed E-state index contributed by atoms with van der Waals surface area (Å²) in [5.74, 6) is -0.244. The minimum Gasteiger partial charge on any atom is -0.347 e. The number of nitrogens with one attached hydrogen (secondary N) is 1. The Morgan fingerprint density at radius 3 is 2.08 bits per heavy atom. The molecule has 0 radical (unpaired) electrons. The minimum atomic E-state index is -3.61. The van der Waals surface area contributed by atoms with Gasteiger partial charge in [0.2, 0.25) is 16.4 Å². The van der Waals surface area contributed by atoms with E-state index in [1.807, 2.05) is 20.8 Å². The fraction of sp³-hybridized carbons (Fsp3) is 0.500. The highest BCUT2D eigenvalue weighted by molar-refractivity contribution is 7.89. The third-order valence-electron chi connectivity index (χ3n) is 3.67. The van der Waals surface area contributed by atoms with Crippen molar-refractivity contribution in [2.24, 2.45) is 0 Å². The minimum absolute atomic E-state index is 0.148. The van der Waals surface area contributed by atoms with Gasteiger partial charge < -0.3 is 10.2 Å². The summed E-state index contributed by atoms with van der Waals surface area (Å²) in [5, 5.41) is 2.83. The summed E-state index contributed by atoms with van der Waals surface area (Å²) in [4.78, 5) is 24.5. The Balaban J connectivity index is 2.12. The van der Waals surface area contributed by atoms with Crippen molar-refractivity contribution in [3.63, 3.8) is 0 Å². The fourth-order valence-electron chi connectivity index (χ4n) is 2.39. The van der Waals surface area contributed by atoms with Crippen LogP contribution in [0.1, 0.15) is 31.1 Å². The number of nitrogens with zero attached hydrogens (tertiary/aromatic N) is 2. The first kappa shape index (κ1) is 18.4. The normalized spacial score (nSPS) is 16.7.